The predicted octanol–water partition coefficient (Wildman–Crippen LogP) is 3.94. The van der Waals surface area contributed by atoms with Crippen LogP contribution in [0.5, 0.6) is 5.88 Å². The zero-order chi connectivity index (χ0) is 23.9. The summed E-state index contributed by atoms with van der Waals surface area (Å²) in [5, 5.41) is 0.695. The Labute approximate surface area is 208 Å². The lowest BCUT2D eigenvalue weighted by atomic mass is 10.1. The first kappa shape index (κ1) is 22.0. The maximum Gasteiger partial charge on any atom is 0.273 e. The highest BCUT2D eigenvalue weighted by atomic mass is 35.5. The number of methoxy groups -OCH3 is 1. The lowest BCUT2D eigenvalue weighted by Gasteiger charge is -2.41. The van der Waals surface area contributed by atoms with Crippen molar-refractivity contribution in [2.75, 3.05) is 20.2 Å². The number of aromatic nitrogens is 4. The average molecular weight is 489 g/mol. The molecule has 4 aromatic rings. The van der Waals surface area contributed by atoms with Gasteiger partial charge >= 0.3 is 0 Å². The van der Waals surface area contributed by atoms with Crippen molar-refractivity contribution in [1.82, 2.24) is 29.2 Å². The highest BCUT2D eigenvalue weighted by Gasteiger charge is 2.43. The first-order chi connectivity index (χ1) is 17.1. The third kappa shape index (κ3) is 4.02. The standard InChI is InChI=1S/C26H25ClN6O2/c1-35-23-5-2-4-21(29-23)25(34)33-19-10-11-20(33)15-31(14-19)16-22-24(17-6-8-18(27)9-7-17)30-26-28-12-3-13-32(22)26/h2-9,12-13,19-20H,10-11,14-16H2,1H3. The average Bonchev–Trinajstić information content (AvgIpc) is 3.38. The molecule has 6 rings (SSSR count). The first-order valence-electron chi connectivity index (χ1n) is 11.7. The Morgan fingerprint density at radius 2 is 1.83 bits per heavy atom. The number of carbonyl (C=O) groups excluding carboxylic acids is 1. The highest BCUT2D eigenvalue weighted by Crippen LogP contribution is 2.34. The molecule has 2 atom stereocenters. The Morgan fingerprint density at radius 3 is 2.57 bits per heavy atom. The van der Waals surface area contributed by atoms with Gasteiger partial charge in [0.05, 0.1) is 18.5 Å². The quantitative estimate of drug-likeness (QED) is 0.423. The summed E-state index contributed by atoms with van der Waals surface area (Å²) in [6.45, 7) is 2.33. The Balaban J connectivity index is 1.27. The number of ether oxygens (including phenoxy) is 1. The van der Waals surface area contributed by atoms with Gasteiger partial charge in [-0.3, -0.25) is 14.1 Å². The summed E-state index contributed by atoms with van der Waals surface area (Å²) in [4.78, 5) is 31.5. The zero-order valence-corrected chi connectivity index (χ0v) is 20.1. The molecule has 0 spiro atoms. The topological polar surface area (TPSA) is 75.9 Å². The minimum absolute atomic E-state index is 0.0168. The van der Waals surface area contributed by atoms with E-state index < -0.39 is 0 Å². The summed E-state index contributed by atoms with van der Waals surface area (Å²) in [6, 6.07) is 15.3. The van der Waals surface area contributed by atoms with Crippen molar-refractivity contribution < 1.29 is 9.53 Å². The van der Waals surface area contributed by atoms with E-state index in [0.717, 1.165) is 49.4 Å². The van der Waals surface area contributed by atoms with Crippen LogP contribution >= 0.6 is 11.6 Å². The first-order valence-corrected chi connectivity index (χ1v) is 12.1. The lowest BCUT2D eigenvalue weighted by Crippen LogP contribution is -2.55. The van der Waals surface area contributed by atoms with E-state index in [-0.39, 0.29) is 18.0 Å². The number of piperazine rings is 1. The number of carbonyl (C=O) groups is 1. The Hall–Kier alpha value is -3.49. The van der Waals surface area contributed by atoms with Crippen molar-refractivity contribution >= 4 is 23.3 Å². The van der Waals surface area contributed by atoms with E-state index in [4.69, 9.17) is 21.3 Å². The molecule has 2 unspecified atom stereocenters. The number of rotatable bonds is 5. The normalized spacial score (nSPS) is 19.9. The number of halogens is 1. The summed E-state index contributed by atoms with van der Waals surface area (Å²) in [7, 11) is 1.56. The number of benzene rings is 1. The summed E-state index contributed by atoms with van der Waals surface area (Å²) >= 11 is 6.12. The summed E-state index contributed by atoms with van der Waals surface area (Å²) in [5.41, 5.74) is 3.44. The number of likely N-dealkylation sites (tertiary alicyclic amines) is 1. The van der Waals surface area contributed by atoms with E-state index in [1.54, 1.807) is 25.4 Å². The van der Waals surface area contributed by atoms with Crippen molar-refractivity contribution in [1.29, 1.82) is 0 Å². The number of imidazole rings is 1. The maximum absolute atomic E-state index is 13.3. The molecule has 2 bridgehead atoms. The molecule has 1 amide bonds. The van der Waals surface area contributed by atoms with Crippen molar-refractivity contribution in [3.8, 4) is 17.1 Å². The smallest absolute Gasteiger partial charge is 0.273 e. The molecule has 8 nitrogen and oxygen atoms in total. The van der Waals surface area contributed by atoms with E-state index in [0.29, 0.717) is 22.4 Å². The molecule has 35 heavy (non-hydrogen) atoms. The number of hydrogen-bond donors (Lipinski definition) is 0. The van der Waals surface area contributed by atoms with Gasteiger partial charge < -0.3 is 9.64 Å². The van der Waals surface area contributed by atoms with Crippen molar-refractivity contribution in [3.63, 3.8) is 0 Å². The molecule has 0 aliphatic carbocycles. The van der Waals surface area contributed by atoms with Gasteiger partial charge in [0.15, 0.2) is 0 Å². The van der Waals surface area contributed by atoms with E-state index in [1.165, 1.54) is 0 Å². The number of nitrogens with zero attached hydrogens (tertiary/aromatic N) is 6. The molecule has 2 saturated heterocycles. The third-order valence-corrected chi connectivity index (χ3v) is 7.19. The number of amides is 1. The van der Waals surface area contributed by atoms with Crippen molar-refractivity contribution in [3.05, 3.63) is 77.3 Å². The van der Waals surface area contributed by atoms with Gasteiger partial charge in [-0.2, -0.15) is 0 Å². The lowest BCUT2D eigenvalue weighted by molar-refractivity contribution is 0.0396. The van der Waals surface area contributed by atoms with E-state index in [2.05, 4.69) is 19.3 Å². The van der Waals surface area contributed by atoms with Crippen LogP contribution in [0.1, 0.15) is 29.0 Å². The molecule has 0 saturated carbocycles. The molecule has 2 fully saturated rings. The Kier molecular flexibility index (Phi) is 5.62. The van der Waals surface area contributed by atoms with E-state index in [1.807, 2.05) is 47.5 Å². The Morgan fingerprint density at radius 1 is 1.06 bits per heavy atom. The van der Waals surface area contributed by atoms with Crippen LogP contribution in [0.2, 0.25) is 5.02 Å². The fraction of sp³-hybridized carbons (Fsp3) is 0.308. The van der Waals surface area contributed by atoms with E-state index in [9.17, 15) is 4.79 Å². The van der Waals surface area contributed by atoms with Gasteiger partial charge in [-0.25, -0.2) is 15.0 Å². The van der Waals surface area contributed by atoms with E-state index >= 15 is 0 Å². The minimum atomic E-state index is -0.0168. The molecule has 178 valence electrons. The summed E-state index contributed by atoms with van der Waals surface area (Å²) < 4.78 is 7.28. The molecular weight excluding hydrogens is 464 g/mol. The maximum atomic E-state index is 13.3. The molecule has 0 radical (unpaired) electrons. The molecule has 2 aliphatic heterocycles. The van der Waals surface area contributed by atoms with Gasteiger partial charge in [0.1, 0.15) is 5.69 Å². The van der Waals surface area contributed by atoms with Crippen LogP contribution < -0.4 is 4.74 Å². The zero-order valence-electron chi connectivity index (χ0n) is 19.3. The van der Waals surface area contributed by atoms with Gasteiger partial charge in [0, 0.05) is 60.8 Å². The summed E-state index contributed by atoms with van der Waals surface area (Å²) in [6.07, 6.45) is 5.76. The fourth-order valence-corrected chi connectivity index (χ4v) is 5.49. The van der Waals surface area contributed by atoms with Crippen molar-refractivity contribution in [2.45, 2.75) is 31.5 Å². The molecule has 3 aromatic heterocycles. The molecule has 1 aromatic carbocycles. The van der Waals surface area contributed by atoms with Gasteiger partial charge in [-0.05, 0) is 37.1 Å². The molecule has 2 aliphatic rings. The second-order valence-corrected chi connectivity index (χ2v) is 9.50. The van der Waals surface area contributed by atoms with Gasteiger partial charge in [0.25, 0.3) is 5.91 Å². The monoisotopic (exact) mass is 488 g/mol. The fourth-order valence-electron chi connectivity index (χ4n) is 5.37. The van der Waals surface area contributed by atoms with Crippen LogP contribution in [0.4, 0.5) is 0 Å². The predicted molar refractivity (Wildman–Crippen MR) is 132 cm³/mol. The van der Waals surface area contributed by atoms with Crippen LogP contribution in [-0.4, -0.2) is 67.3 Å². The molecule has 9 heteroatoms. The Bertz CT molecular complexity index is 1370. The number of pyridine rings is 1. The van der Waals surface area contributed by atoms with Crippen molar-refractivity contribution in [2.24, 2.45) is 0 Å². The number of fused-ring (bicyclic) bond motifs is 3. The van der Waals surface area contributed by atoms with Gasteiger partial charge in [0.2, 0.25) is 11.7 Å². The second kappa shape index (κ2) is 8.94. The SMILES string of the molecule is COc1cccc(C(=O)N2C3CCC2CN(Cc2c(-c4ccc(Cl)cc4)nc4ncccn24)C3)n1. The van der Waals surface area contributed by atoms with Crippen LogP contribution in [0.3, 0.4) is 0 Å². The molecule has 5 heterocycles. The van der Waals surface area contributed by atoms with Crippen LogP contribution in [0.15, 0.2) is 60.9 Å². The van der Waals surface area contributed by atoms with Gasteiger partial charge in [-0.1, -0.05) is 29.8 Å². The van der Waals surface area contributed by atoms with Gasteiger partial charge in [-0.15, -0.1) is 0 Å². The number of hydrogen-bond acceptors (Lipinski definition) is 6. The van der Waals surface area contributed by atoms with Crippen LogP contribution in [0.25, 0.3) is 17.0 Å². The second-order valence-electron chi connectivity index (χ2n) is 9.06. The highest BCUT2D eigenvalue weighted by molar-refractivity contribution is 6.30. The van der Waals surface area contributed by atoms with Crippen LogP contribution in [-0.2, 0) is 6.54 Å². The molecule has 0 N–H and O–H groups in total. The third-order valence-electron chi connectivity index (χ3n) is 6.94. The minimum Gasteiger partial charge on any atom is -0.481 e. The molecular formula is C26H25ClN6O2. The summed E-state index contributed by atoms with van der Waals surface area (Å²) in [5.74, 6) is 1.11. The largest absolute Gasteiger partial charge is 0.481 e. The van der Waals surface area contributed by atoms with Crippen LogP contribution in [0, 0.1) is 0 Å².